The van der Waals surface area contributed by atoms with E-state index in [0.29, 0.717) is 0 Å². The van der Waals surface area contributed by atoms with Gasteiger partial charge in [0.2, 0.25) is 0 Å². The Labute approximate surface area is 89.0 Å². The van der Waals surface area contributed by atoms with Crippen LogP contribution in [0.5, 0.6) is 5.75 Å². The van der Waals surface area contributed by atoms with E-state index in [1.807, 2.05) is 37.3 Å². The molecule has 0 unspecified atom stereocenters. The monoisotopic (exact) mass is 199 g/mol. The van der Waals surface area contributed by atoms with E-state index >= 15 is 0 Å². The van der Waals surface area contributed by atoms with Crippen LogP contribution in [0.15, 0.2) is 42.5 Å². The molecule has 0 spiro atoms. The number of hydrogen-bond donors (Lipinski definition) is 2. The second-order valence-corrected chi connectivity index (χ2v) is 3.64. The molecular weight excluding hydrogens is 186 g/mol. The Morgan fingerprint density at radius 2 is 1.87 bits per heavy atom. The van der Waals surface area contributed by atoms with Gasteiger partial charge in [-0.1, -0.05) is 24.3 Å². The van der Waals surface area contributed by atoms with Crippen LogP contribution in [0, 0.1) is 6.92 Å². The minimum absolute atomic E-state index is 0.257. The van der Waals surface area contributed by atoms with E-state index in [1.165, 1.54) is 0 Å². The summed E-state index contributed by atoms with van der Waals surface area (Å²) in [6.45, 7) is 2.00. The lowest BCUT2D eigenvalue weighted by atomic mass is 10.0. The number of aromatic hydroxyl groups is 1. The molecule has 2 aromatic rings. The number of benzene rings is 2. The molecule has 0 heterocycles. The molecule has 2 nitrogen and oxygen atoms in total. The largest absolute Gasteiger partial charge is 0.508 e. The topological polar surface area (TPSA) is 46.2 Å². The van der Waals surface area contributed by atoms with Crippen LogP contribution in [0.1, 0.15) is 5.56 Å². The predicted molar refractivity (Wildman–Crippen MR) is 62.7 cm³/mol. The number of phenolic OH excluding ortho intramolecular Hbond substituents is 1. The van der Waals surface area contributed by atoms with Crippen LogP contribution in [0.4, 0.5) is 5.69 Å². The Bertz CT molecular complexity index is 492. The fourth-order valence-corrected chi connectivity index (χ4v) is 1.62. The quantitative estimate of drug-likeness (QED) is 0.693. The van der Waals surface area contributed by atoms with Gasteiger partial charge in [0, 0.05) is 11.3 Å². The Kier molecular flexibility index (Phi) is 2.34. The molecule has 15 heavy (non-hydrogen) atoms. The summed E-state index contributed by atoms with van der Waals surface area (Å²) in [5.41, 5.74) is 9.69. The van der Waals surface area contributed by atoms with Gasteiger partial charge in [0.25, 0.3) is 0 Å². The molecule has 0 bridgehead atoms. The van der Waals surface area contributed by atoms with Crippen LogP contribution in [0.3, 0.4) is 0 Å². The van der Waals surface area contributed by atoms with Crippen LogP contribution < -0.4 is 5.73 Å². The SMILES string of the molecule is Cc1ccc(-c2cccc(O)c2)c(N)c1. The highest BCUT2D eigenvalue weighted by Gasteiger charge is 2.02. The van der Waals surface area contributed by atoms with Crippen molar-refractivity contribution in [3.8, 4) is 16.9 Å². The Morgan fingerprint density at radius 1 is 1.07 bits per heavy atom. The van der Waals surface area contributed by atoms with E-state index in [9.17, 15) is 5.11 Å². The smallest absolute Gasteiger partial charge is 0.116 e. The molecule has 3 N–H and O–H groups in total. The number of anilines is 1. The van der Waals surface area contributed by atoms with Crippen LogP contribution in [0.2, 0.25) is 0 Å². The number of rotatable bonds is 1. The van der Waals surface area contributed by atoms with Crippen molar-refractivity contribution in [3.63, 3.8) is 0 Å². The molecule has 0 saturated carbocycles. The van der Waals surface area contributed by atoms with Gasteiger partial charge in [-0.3, -0.25) is 0 Å². The third-order valence-corrected chi connectivity index (χ3v) is 2.36. The second kappa shape index (κ2) is 3.65. The van der Waals surface area contributed by atoms with Crippen LogP contribution in [-0.4, -0.2) is 5.11 Å². The zero-order valence-corrected chi connectivity index (χ0v) is 8.57. The van der Waals surface area contributed by atoms with Gasteiger partial charge in [0.05, 0.1) is 0 Å². The van der Waals surface area contributed by atoms with Crippen molar-refractivity contribution in [1.82, 2.24) is 0 Å². The fraction of sp³-hybridized carbons (Fsp3) is 0.0769. The summed E-state index contributed by atoms with van der Waals surface area (Å²) in [5.74, 6) is 0.257. The van der Waals surface area contributed by atoms with Crippen molar-refractivity contribution in [3.05, 3.63) is 48.0 Å². The van der Waals surface area contributed by atoms with Crippen LogP contribution in [0.25, 0.3) is 11.1 Å². The van der Waals surface area contributed by atoms with E-state index in [1.54, 1.807) is 12.1 Å². The van der Waals surface area contributed by atoms with Gasteiger partial charge < -0.3 is 10.8 Å². The van der Waals surface area contributed by atoms with Gasteiger partial charge in [-0.25, -0.2) is 0 Å². The van der Waals surface area contributed by atoms with Crippen molar-refractivity contribution >= 4 is 5.69 Å². The lowest BCUT2D eigenvalue weighted by Crippen LogP contribution is -1.90. The van der Waals surface area contributed by atoms with Crippen molar-refractivity contribution in [2.24, 2.45) is 0 Å². The lowest BCUT2D eigenvalue weighted by Gasteiger charge is -2.07. The summed E-state index contributed by atoms with van der Waals surface area (Å²) in [6, 6.07) is 13.0. The molecule has 2 aromatic carbocycles. The van der Waals surface area contributed by atoms with Gasteiger partial charge in [-0.05, 0) is 36.2 Å². The number of nitrogen functional groups attached to an aromatic ring is 1. The first-order valence-electron chi connectivity index (χ1n) is 4.82. The summed E-state index contributed by atoms with van der Waals surface area (Å²) in [4.78, 5) is 0. The van der Waals surface area contributed by atoms with Crippen LogP contribution >= 0.6 is 0 Å². The first-order valence-corrected chi connectivity index (χ1v) is 4.82. The molecule has 0 atom stereocenters. The standard InChI is InChI=1S/C13H13NO/c1-9-5-6-12(13(14)7-9)10-3-2-4-11(15)8-10/h2-8,15H,14H2,1H3. The molecule has 2 rings (SSSR count). The van der Waals surface area contributed by atoms with E-state index < -0.39 is 0 Å². The number of hydrogen-bond acceptors (Lipinski definition) is 2. The third kappa shape index (κ3) is 1.94. The molecular formula is C13H13NO. The van der Waals surface area contributed by atoms with Gasteiger partial charge in [-0.15, -0.1) is 0 Å². The molecule has 0 saturated heterocycles. The normalized spacial score (nSPS) is 10.2. The molecule has 0 aliphatic heterocycles. The molecule has 76 valence electrons. The first kappa shape index (κ1) is 9.59. The molecule has 0 amide bonds. The summed E-state index contributed by atoms with van der Waals surface area (Å²) < 4.78 is 0. The molecule has 0 radical (unpaired) electrons. The van der Waals surface area contributed by atoms with Gasteiger partial charge in [-0.2, -0.15) is 0 Å². The zero-order chi connectivity index (χ0) is 10.8. The van der Waals surface area contributed by atoms with Crippen molar-refractivity contribution in [2.75, 3.05) is 5.73 Å². The minimum atomic E-state index is 0.257. The molecule has 2 heteroatoms. The van der Waals surface area contributed by atoms with E-state index in [4.69, 9.17) is 5.73 Å². The molecule has 0 aliphatic rings. The summed E-state index contributed by atoms with van der Waals surface area (Å²) in [7, 11) is 0. The highest BCUT2D eigenvalue weighted by Crippen LogP contribution is 2.28. The Hall–Kier alpha value is -1.96. The maximum absolute atomic E-state index is 9.38. The van der Waals surface area contributed by atoms with Gasteiger partial charge >= 0.3 is 0 Å². The summed E-state index contributed by atoms with van der Waals surface area (Å²) >= 11 is 0. The predicted octanol–water partition coefficient (Wildman–Crippen LogP) is 2.95. The van der Waals surface area contributed by atoms with Crippen molar-refractivity contribution in [2.45, 2.75) is 6.92 Å². The average molecular weight is 199 g/mol. The first-order chi connectivity index (χ1) is 7.16. The minimum Gasteiger partial charge on any atom is -0.508 e. The molecule has 0 fully saturated rings. The van der Waals surface area contributed by atoms with E-state index in [-0.39, 0.29) is 5.75 Å². The maximum Gasteiger partial charge on any atom is 0.116 e. The van der Waals surface area contributed by atoms with E-state index in [2.05, 4.69) is 0 Å². The molecule has 0 aliphatic carbocycles. The summed E-state index contributed by atoms with van der Waals surface area (Å²) in [6.07, 6.45) is 0. The number of phenols is 1. The average Bonchev–Trinajstić information content (AvgIpc) is 2.17. The van der Waals surface area contributed by atoms with E-state index in [0.717, 1.165) is 22.4 Å². The number of aryl methyl sites for hydroxylation is 1. The van der Waals surface area contributed by atoms with Gasteiger partial charge in [0.1, 0.15) is 5.75 Å². The maximum atomic E-state index is 9.38. The Balaban J connectivity index is 2.54. The third-order valence-electron chi connectivity index (χ3n) is 2.36. The molecule has 0 aromatic heterocycles. The van der Waals surface area contributed by atoms with Crippen molar-refractivity contribution in [1.29, 1.82) is 0 Å². The van der Waals surface area contributed by atoms with Crippen LogP contribution in [-0.2, 0) is 0 Å². The fourth-order valence-electron chi connectivity index (χ4n) is 1.62. The highest BCUT2D eigenvalue weighted by molar-refractivity contribution is 5.77. The second-order valence-electron chi connectivity index (χ2n) is 3.64. The lowest BCUT2D eigenvalue weighted by molar-refractivity contribution is 0.475. The number of nitrogens with two attached hydrogens (primary N) is 1. The summed E-state index contributed by atoms with van der Waals surface area (Å²) in [5, 5.41) is 9.38. The highest BCUT2D eigenvalue weighted by atomic mass is 16.3. The Morgan fingerprint density at radius 3 is 2.53 bits per heavy atom. The van der Waals surface area contributed by atoms with Crippen molar-refractivity contribution < 1.29 is 5.11 Å². The van der Waals surface area contributed by atoms with Gasteiger partial charge in [0.15, 0.2) is 0 Å². The zero-order valence-electron chi connectivity index (χ0n) is 8.57.